The molecule has 2 saturated heterocycles. The van der Waals surface area contributed by atoms with Crippen LogP contribution >= 0.6 is 0 Å². The number of aliphatic hydroxyl groups is 2. The summed E-state index contributed by atoms with van der Waals surface area (Å²) in [6.45, 7) is 14.7. The van der Waals surface area contributed by atoms with Crippen LogP contribution in [-0.4, -0.2) is 113 Å². The zero-order chi connectivity index (χ0) is 26.1. The molecule has 0 saturated carbocycles. The number of anilines is 1. The van der Waals surface area contributed by atoms with E-state index in [9.17, 15) is 10.2 Å². The summed E-state index contributed by atoms with van der Waals surface area (Å²) in [7, 11) is 0. The lowest BCUT2D eigenvalue weighted by Gasteiger charge is -2.31. The zero-order valence-corrected chi connectivity index (χ0v) is 22.5. The van der Waals surface area contributed by atoms with Gasteiger partial charge in [0.05, 0.1) is 77.3 Å². The molecule has 206 valence electrons. The highest BCUT2D eigenvalue weighted by Gasteiger charge is 2.24. The number of epoxide rings is 2. The molecule has 2 heterocycles. The van der Waals surface area contributed by atoms with Crippen LogP contribution in [-0.2, 0) is 28.4 Å². The third-order valence-electron chi connectivity index (χ3n) is 6.40. The van der Waals surface area contributed by atoms with Gasteiger partial charge in [0.15, 0.2) is 0 Å². The highest BCUT2D eigenvalue weighted by Crippen LogP contribution is 2.23. The number of hydrogen-bond donors (Lipinski definition) is 2. The molecule has 2 fully saturated rings. The zero-order valence-electron chi connectivity index (χ0n) is 22.5. The van der Waals surface area contributed by atoms with E-state index in [-0.39, 0.29) is 37.6 Å². The number of benzene rings is 1. The van der Waals surface area contributed by atoms with Gasteiger partial charge >= 0.3 is 0 Å². The number of aryl methyl sites for hydroxylation is 2. The highest BCUT2D eigenvalue weighted by molar-refractivity contribution is 5.54. The van der Waals surface area contributed by atoms with Crippen LogP contribution in [0.4, 0.5) is 5.69 Å². The maximum Gasteiger partial charge on any atom is 0.104 e. The highest BCUT2D eigenvalue weighted by atomic mass is 16.6. The van der Waals surface area contributed by atoms with Crippen LogP contribution in [0.3, 0.4) is 0 Å². The molecule has 2 N–H and O–H groups in total. The van der Waals surface area contributed by atoms with Crippen LogP contribution in [0.5, 0.6) is 0 Å². The van der Waals surface area contributed by atoms with Crippen molar-refractivity contribution in [2.75, 3.05) is 70.8 Å². The number of hydrogen-bond acceptors (Lipinski definition) is 9. The largest absolute Gasteiger partial charge is 0.389 e. The molecule has 3 rings (SSSR count). The molecule has 0 bridgehead atoms. The van der Waals surface area contributed by atoms with Crippen molar-refractivity contribution in [3.05, 3.63) is 28.8 Å². The van der Waals surface area contributed by atoms with Crippen molar-refractivity contribution in [2.45, 2.75) is 71.2 Å². The Labute approximate surface area is 215 Å². The summed E-state index contributed by atoms with van der Waals surface area (Å²) in [5.41, 5.74) is 4.53. The quantitative estimate of drug-likeness (QED) is 0.269. The third kappa shape index (κ3) is 11.0. The van der Waals surface area contributed by atoms with E-state index < -0.39 is 12.2 Å². The van der Waals surface area contributed by atoms with Gasteiger partial charge in [0.25, 0.3) is 0 Å². The van der Waals surface area contributed by atoms with Gasteiger partial charge in [0.2, 0.25) is 0 Å². The van der Waals surface area contributed by atoms with Crippen molar-refractivity contribution >= 4 is 5.69 Å². The molecule has 0 aromatic heterocycles. The molecule has 0 amide bonds. The number of ether oxygens (including phenoxy) is 6. The molecule has 36 heavy (non-hydrogen) atoms. The second kappa shape index (κ2) is 14.6. The summed E-state index contributed by atoms with van der Waals surface area (Å²) in [6, 6.07) is 4.19. The Morgan fingerprint density at radius 2 is 1.22 bits per heavy atom. The molecule has 1 aromatic carbocycles. The van der Waals surface area contributed by atoms with Gasteiger partial charge in [0, 0.05) is 18.8 Å². The van der Waals surface area contributed by atoms with Gasteiger partial charge in [-0.3, -0.25) is 0 Å². The van der Waals surface area contributed by atoms with E-state index in [0.717, 1.165) is 18.9 Å². The average Bonchev–Trinajstić information content (AvgIpc) is 3.75. The fourth-order valence-corrected chi connectivity index (χ4v) is 3.80. The van der Waals surface area contributed by atoms with E-state index in [0.29, 0.717) is 39.5 Å². The number of nitrogens with zero attached hydrogens (tertiary/aromatic N) is 1. The summed E-state index contributed by atoms with van der Waals surface area (Å²) in [4.78, 5) is 2.00. The molecule has 0 radical (unpaired) electrons. The fraction of sp³-hybridized carbons (Fsp3) is 0.778. The second-order valence-corrected chi connectivity index (χ2v) is 10.2. The Kier molecular flexibility index (Phi) is 11.9. The van der Waals surface area contributed by atoms with E-state index in [2.05, 4.69) is 32.9 Å². The minimum atomic E-state index is -0.730. The molecule has 2 aliphatic heterocycles. The molecule has 6 unspecified atom stereocenters. The molecule has 2 aliphatic rings. The Morgan fingerprint density at radius 1 is 0.806 bits per heavy atom. The second-order valence-electron chi connectivity index (χ2n) is 10.2. The minimum Gasteiger partial charge on any atom is -0.389 e. The van der Waals surface area contributed by atoms with Crippen molar-refractivity contribution < 1.29 is 38.6 Å². The summed E-state index contributed by atoms with van der Waals surface area (Å²) < 4.78 is 33.0. The van der Waals surface area contributed by atoms with E-state index in [4.69, 9.17) is 28.4 Å². The SMILES string of the molecule is Cc1cc(N(CC(O)COC(C)COCC2CO2)CC(O)COC(C)COCC2CO2)cc(C)c1C. The lowest BCUT2D eigenvalue weighted by atomic mass is 10.0. The van der Waals surface area contributed by atoms with Gasteiger partial charge in [-0.25, -0.2) is 0 Å². The van der Waals surface area contributed by atoms with Crippen LogP contribution in [0.1, 0.15) is 30.5 Å². The predicted molar refractivity (Wildman–Crippen MR) is 137 cm³/mol. The van der Waals surface area contributed by atoms with E-state index >= 15 is 0 Å². The molecule has 0 spiro atoms. The molecular formula is C27H45NO8. The summed E-state index contributed by atoms with van der Waals surface area (Å²) in [6.07, 6.45) is -1.28. The maximum atomic E-state index is 10.8. The van der Waals surface area contributed by atoms with Crippen molar-refractivity contribution in [1.29, 1.82) is 0 Å². The number of rotatable bonds is 19. The first-order valence-corrected chi connectivity index (χ1v) is 13.0. The Hall–Kier alpha value is -1.30. The van der Waals surface area contributed by atoms with E-state index in [1.54, 1.807) is 0 Å². The van der Waals surface area contributed by atoms with Gasteiger partial charge in [-0.1, -0.05) is 0 Å². The standard InChI is InChI=1S/C27H45NO8/c1-18-6-23(7-19(2)22(18)5)28(8-24(29)12-33-20(3)10-31-14-26-16-35-26)9-25(30)13-34-21(4)11-32-15-27-17-36-27/h6-7,20-21,24-27,29-30H,8-17H2,1-5H3. The van der Waals surface area contributed by atoms with Crippen LogP contribution < -0.4 is 4.90 Å². The van der Waals surface area contributed by atoms with Crippen molar-refractivity contribution in [3.8, 4) is 0 Å². The first kappa shape index (κ1) is 29.3. The Balaban J connectivity index is 1.48. The van der Waals surface area contributed by atoms with Crippen LogP contribution in [0, 0.1) is 20.8 Å². The van der Waals surface area contributed by atoms with Crippen molar-refractivity contribution in [3.63, 3.8) is 0 Å². The van der Waals surface area contributed by atoms with Gasteiger partial charge in [0.1, 0.15) is 12.2 Å². The maximum absolute atomic E-state index is 10.8. The molecule has 9 nitrogen and oxygen atoms in total. The predicted octanol–water partition coefficient (Wildman–Crippen LogP) is 1.78. The van der Waals surface area contributed by atoms with Gasteiger partial charge in [-0.05, 0) is 63.4 Å². The summed E-state index contributed by atoms with van der Waals surface area (Å²) in [5.74, 6) is 0. The number of aliphatic hydroxyl groups excluding tert-OH is 2. The van der Waals surface area contributed by atoms with Crippen LogP contribution in [0.2, 0.25) is 0 Å². The molecule has 1 aromatic rings. The van der Waals surface area contributed by atoms with Crippen molar-refractivity contribution in [2.24, 2.45) is 0 Å². The Morgan fingerprint density at radius 3 is 1.61 bits per heavy atom. The topological polar surface area (TPSA) is 106 Å². The van der Waals surface area contributed by atoms with Crippen LogP contribution in [0.15, 0.2) is 12.1 Å². The first-order chi connectivity index (χ1) is 17.2. The minimum absolute atomic E-state index is 0.134. The third-order valence-corrected chi connectivity index (χ3v) is 6.40. The normalized spacial score (nSPS) is 22.2. The fourth-order valence-electron chi connectivity index (χ4n) is 3.80. The monoisotopic (exact) mass is 511 g/mol. The summed E-state index contributed by atoms with van der Waals surface area (Å²) >= 11 is 0. The molecule has 0 aliphatic carbocycles. The van der Waals surface area contributed by atoms with Gasteiger partial charge in [-0.15, -0.1) is 0 Å². The first-order valence-electron chi connectivity index (χ1n) is 13.0. The van der Waals surface area contributed by atoms with Gasteiger partial charge < -0.3 is 43.5 Å². The smallest absolute Gasteiger partial charge is 0.104 e. The molecule has 6 atom stereocenters. The van der Waals surface area contributed by atoms with E-state index in [1.165, 1.54) is 16.7 Å². The molecule has 9 heteroatoms. The van der Waals surface area contributed by atoms with Crippen molar-refractivity contribution in [1.82, 2.24) is 0 Å². The summed E-state index contributed by atoms with van der Waals surface area (Å²) in [5, 5.41) is 21.5. The lowest BCUT2D eigenvalue weighted by Crippen LogP contribution is -2.42. The van der Waals surface area contributed by atoms with Crippen LogP contribution in [0.25, 0.3) is 0 Å². The van der Waals surface area contributed by atoms with Gasteiger partial charge in [-0.2, -0.15) is 0 Å². The average molecular weight is 512 g/mol. The Bertz CT molecular complexity index is 726. The lowest BCUT2D eigenvalue weighted by molar-refractivity contribution is -0.0448. The van der Waals surface area contributed by atoms with E-state index in [1.807, 2.05) is 18.7 Å². The molecular weight excluding hydrogens is 466 g/mol.